The number of carbonyl (C=O) groups excluding carboxylic acids is 2. The third-order valence-corrected chi connectivity index (χ3v) is 5.02. The maximum absolute atomic E-state index is 12.5. The Kier molecular flexibility index (Phi) is 4.85. The summed E-state index contributed by atoms with van der Waals surface area (Å²) in [5.41, 5.74) is 1.09. The number of aromatic carboxylic acids is 1. The van der Waals surface area contributed by atoms with Crippen LogP contribution in [-0.2, 0) is 4.79 Å². The number of carboxylic acids is 1. The first-order chi connectivity index (χ1) is 11.9. The van der Waals surface area contributed by atoms with E-state index in [4.69, 9.17) is 28.3 Å². The molecule has 1 N–H and O–H groups in total. The molecule has 0 aromatic heterocycles. The van der Waals surface area contributed by atoms with Gasteiger partial charge in [0.05, 0.1) is 26.2 Å². The summed E-state index contributed by atoms with van der Waals surface area (Å²) in [5.74, 6) is -1.51. The zero-order valence-corrected chi connectivity index (χ0v) is 14.7. The first kappa shape index (κ1) is 17.5. The molecule has 0 aliphatic carbocycles. The second-order valence-corrected chi connectivity index (χ2v) is 6.85. The predicted molar refractivity (Wildman–Crippen MR) is 98.3 cm³/mol. The highest BCUT2D eigenvalue weighted by molar-refractivity contribution is 8.19. The third kappa shape index (κ3) is 3.56. The zero-order chi connectivity index (χ0) is 18.1. The molecule has 0 spiro atoms. The summed E-state index contributed by atoms with van der Waals surface area (Å²) in [6.07, 6.45) is 1.54. The quantitative estimate of drug-likeness (QED) is 0.747. The first-order valence-electron chi connectivity index (χ1n) is 6.93. The van der Waals surface area contributed by atoms with E-state index in [1.165, 1.54) is 36.4 Å². The van der Waals surface area contributed by atoms with Gasteiger partial charge in [-0.3, -0.25) is 9.59 Å². The standard InChI is InChI=1S/C17H9Cl2NO4S/c18-12-6-5-11(8-13(12)19)20-15(21)14(25-17(20)24)7-9-1-3-10(4-2-9)16(22)23/h1-8H,(H,22,23)/b14-7-. The molecule has 2 aromatic rings. The molecule has 2 aromatic carbocycles. The van der Waals surface area contributed by atoms with E-state index < -0.39 is 17.1 Å². The molecule has 1 aliphatic rings. The fourth-order valence-electron chi connectivity index (χ4n) is 2.19. The normalized spacial score (nSPS) is 15.9. The van der Waals surface area contributed by atoms with E-state index in [-0.39, 0.29) is 15.5 Å². The van der Waals surface area contributed by atoms with Crippen LogP contribution in [0.5, 0.6) is 0 Å². The van der Waals surface area contributed by atoms with E-state index in [0.717, 1.165) is 16.7 Å². The Morgan fingerprint density at radius 2 is 1.72 bits per heavy atom. The Morgan fingerprint density at radius 3 is 2.32 bits per heavy atom. The highest BCUT2D eigenvalue weighted by Crippen LogP contribution is 2.37. The molecule has 25 heavy (non-hydrogen) atoms. The number of imide groups is 1. The lowest BCUT2D eigenvalue weighted by Gasteiger charge is -2.13. The van der Waals surface area contributed by atoms with Crippen molar-refractivity contribution in [2.24, 2.45) is 0 Å². The average molecular weight is 394 g/mol. The van der Waals surface area contributed by atoms with Gasteiger partial charge in [0.15, 0.2) is 0 Å². The summed E-state index contributed by atoms with van der Waals surface area (Å²) in [7, 11) is 0. The van der Waals surface area contributed by atoms with Crippen molar-refractivity contribution in [3.63, 3.8) is 0 Å². The summed E-state index contributed by atoms with van der Waals surface area (Å²) in [4.78, 5) is 36.8. The smallest absolute Gasteiger partial charge is 0.335 e. The van der Waals surface area contributed by atoms with Gasteiger partial charge in [-0.15, -0.1) is 0 Å². The van der Waals surface area contributed by atoms with Crippen molar-refractivity contribution in [2.75, 3.05) is 4.90 Å². The highest BCUT2D eigenvalue weighted by atomic mass is 35.5. The van der Waals surface area contributed by atoms with Crippen molar-refractivity contribution in [1.29, 1.82) is 0 Å². The molecule has 8 heteroatoms. The molecule has 0 bridgehead atoms. The maximum atomic E-state index is 12.5. The largest absolute Gasteiger partial charge is 0.478 e. The lowest BCUT2D eigenvalue weighted by Crippen LogP contribution is -2.27. The van der Waals surface area contributed by atoms with Crippen molar-refractivity contribution >= 4 is 63.8 Å². The minimum atomic E-state index is -1.04. The van der Waals surface area contributed by atoms with Crippen LogP contribution >= 0.6 is 35.0 Å². The van der Waals surface area contributed by atoms with Crippen molar-refractivity contribution in [3.05, 3.63) is 68.5 Å². The minimum absolute atomic E-state index is 0.140. The first-order valence-corrected chi connectivity index (χ1v) is 8.50. The van der Waals surface area contributed by atoms with Gasteiger partial charge in [-0.05, 0) is 53.7 Å². The number of anilines is 1. The second kappa shape index (κ2) is 6.92. The minimum Gasteiger partial charge on any atom is -0.478 e. The van der Waals surface area contributed by atoms with Gasteiger partial charge < -0.3 is 5.11 Å². The molecule has 5 nitrogen and oxygen atoms in total. The van der Waals surface area contributed by atoms with Gasteiger partial charge >= 0.3 is 5.97 Å². The van der Waals surface area contributed by atoms with Gasteiger partial charge in [0.1, 0.15) is 0 Å². The Balaban J connectivity index is 1.90. The maximum Gasteiger partial charge on any atom is 0.335 e. The SMILES string of the molecule is O=C(O)c1ccc(/C=C2\SC(=O)N(c3ccc(Cl)c(Cl)c3)C2=O)cc1. The van der Waals surface area contributed by atoms with Gasteiger partial charge in [0.2, 0.25) is 0 Å². The predicted octanol–water partition coefficient (Wildman–Crippen LogP) is 4.93. The number of carboxylic acid groups (broad SMARTS) is 1. The molecule has 126 valence electrons. The Labute approximate surface area is 156 Å². The lowest BCUT2D eigenvalue weighted by atomic mass is 10.1. The van der Waals surface area contributed by atoms with Crippen LogP contribution in [0.2, 0.25) is 10.0 Å². The molecule has 1 saturated heterocycles. The number of rotatable bonds is 3. The summed E-state index contributed by atoms with van der Waals surface area (Å²) in [6, 6.07) is 10.5. The molecule has 3 rings (SSSR count). The number of benzene rings is 2. The molecule has 1 fully saturated rings. The topological polar surface area (TPSA) is 74.7 Å². The Morgan fingerprint density at radius 1 is 1.04 bits per heavy atom. The highest BCUT2D eigenvalue weighted by Gasteiger charge is 2.36. The molecule has 0 radical (unpaired) electrons. The monoisotopic (exact) mass is 393 g/mol. The molecule has 1 heterocycles. The van der Waals surface area contributed by atoms with Crippen LogP contribution in [0.1, 0.15) is 15.9 Å². The average Bonchev–Trinajstić information content (AvgIpc) is 2.85. The number of hydrogen-bond acceptors (Lipinski definition) is 4. The van der Waals surface area contributed by atoms with Crippen LogP contribution in [-0.4, -0.2) is 22.2 Å². The van der Waals surface area contributed by atoms with E-state index in [9.17, 15) is 14.4 Å². The van der Waals surface area contributed by atoms with Crippen molar-refractivity contribution in [2.45, 2.75) is 0 Å². The number of carbonyl (C=O) groups is 3. The van der Waals surface area contributed by atoms with E-state index in [2.05, 4.69) is 0 Å². The summed E-state index contributed by atoms with van der Waals surface area (Å²) in [5, 5.41) is 9.01. The van der Waals surface area contributed by atoms with Crippen LogP contribution in [0.15, 0.2) is 47.4 Å². The molecule has 0 atom stereocenters. The summed E-state index contributed by atoms with van der Waals surface area (Å²) in [6.45, 7) is 0. The second-order valence-electron chi connectivity index (χ2n) is 5.04. The van der Waals surface area contributed by atoms with Crippen molar-refractivity contribution in [1.82, 2.24) is 0 Å². The van der Waals surface area contributed by atoms with Gasteiger partial charge in [-0.25, -0.2) is 9.69 Å². The number of halogens is 2. The number of thioether (sulfide) groups is 1. The van der Waals surface area contributed by atoms with Gasteiger partial charge in [0, 0.05) is 0 Å². The van der Waals surface area contributed by atoms with Gasteiger partial charge in [-0.2, -0.15) is 0 Å². The van der Waals surface area contributed by atoms with Crippen molar-refractivity contribution < 1.29 is 19.5 Å². The fourth-order valence-corrected chi connectivity index (χ4v) is 3.32. The third-order valence-electron chi connectivity index (χ3n) is 3.41. The summed E-state index contributed by atoms with van der Waals surface area (Å²) < 4.78 is 0. The number of hydrogen-bond donors (Lipinski definition) is 1. The van der Waals surface area contributed by atoms with Crippen molar-refractivity contribution in [3.8, 4) is 0 Å². The zero-order valence-electron chi connectivity index (χ0n) is 12.4. The molecular weight excluding hydrogens is 385 g/mol. The van der Waals surface area contributed by atoms with E-state index in [0.29, 0.717) is 16.3 Å². The van der Waals surface area contributed by atoms with E-state index >= 15 is 0 Å². The van der Waals surface area contributed by atoms with Crippen LogP contribution in [0.4, 0.5) is 10.5 Å². The Bertz CT molecular complexity index is 925. The molecule has 1 aliphatic heterocycles. The molecule has 0 saturated carbocycles. The van der Waals surface area contributed by atoms with Crippen LogP contribution in [0, 0.1) is 0 Å². The summed E-state index contributed by atoms with van der Waals surface area (Å²) >= 11 is 12.6. The number of nitrogens with zero attached hydrogens (tertiary/aromatic N) is 1. The van der Waals surface area contributed by atoms with Crippen LogP contribution in [0.3, 0.4) is 0 Å². The molecule has 0 unspecified atom stereocenters. The number of amides is 2. The van der Waals surface area contributed by atoms with Gasteiger partial charge in [0.25, 0.3) is 11.1 Å². The van der Waals surface area contributed by atoms with E-state index in [1.54, 1.807) is 12.1 Å². The van der Waals surface area contributed by atoms with Gasteiger partial charge in [-0.1, -0.05) is 35.3 Å². The molecular formula is C17H9Cl2NO4S. The fraction of sp³-hybridized carbons (Fsp3) is 0. The van der Waals surface area contributed by atoms with E-state index in [1.807, 2.05) is 0 Å². The lowest BCUT2D eigenvalue weighted by molar-refractivity contribution is -0.113. The molecule has 2 amide bonds. The van der Waals surface area contributed by atoms with Crippen LogP contribution < -0.4 is 4.90 Å². The Hall–Kier alpha value is -2.28. The van der Waals surface area contributed by atoms with Crippen LogP contribution in [0.25, 0.3) is 6.08 Å².